The Hall–Kier alpha value is -1.07. The number of amides is 1. The zero-order valence-corrected chi connectivity index (χ0v) is 10.5. The highest BCUT2D eigenvalue weighted by molar-refractivity contribution is 6.33. The third-order valence-corrected chi connectivity index (χ3v) is 2.46. The number of anilines is 1. The number of aromatic nitrogens is 2. The van der Waals surface area contributed by atoms with Gasteiger partial charge in [-0.25, -0.2) is 4.98 Å². The van der Waals surface area contributed by atoms with Crippen LogP contribution in [0.25, 0.3) is 0 Å². The second-order valence-corrected chi connectivity index (χ2v) is 3.90. The summed E-state index contributed by atoms with van der Waals surface area (Å²) in [5.74, 6) is 0.480. The second-order valence-electron chi connectivity index (χ2n) is 3.16. The van der Waals surface area contributed by atoms with Crippen molar-refractivity contribution < 1.29 is 4.79 Å². The van der Waals surface area contributed by atoms with E-state index in [0.717, 1.165) is 0 Å². The number of nitrogens with one attached hydrogen (secondary N) is 1. The van der Waals surface area contributed by atoms with Crippen molar-refractivity contribution in [3.8, 4) is 0 Å². The van der Waals surface area contributed by atoms with E-state index < -0.39 is 0 Å². The van der Waals surface area contributed by atoms with Gasteiger partial charge < -0.3 is 10.2 Å². The molecule has 1 amide bonds. The average Bonchev–Trinajstić information content (AvgIpc) is 2.28. The minimum absolute atomic E-state index is 0.0388. The Morgan fingerprint density at radius 2 is 2.25 bits per heavy atom. The van der Waals surface area contributed by atoms with Crippen LogP contribution in [0.2, 0.25) is 10.3 Å². The molecular weight excluding hydrogens is 251 g/mol. The van der Waals surface area contributed by atoms with Crippen molar-refractivity contribution in [3.63, 3.8) is 0 Å². The summed E-state index contributed by atoms with van der Waals surface area (Å²) < 4.78 is 0. The fourth-order valence-corrected chi connectivity index (χ4v) is 1.47. The second kappa shape index (κ2) is 5.86. The summed E-state index contributed by atoms with van der Waals surface area (Å²) in [6.07, 6.45) is 1.80. The Balaban J connectivity index is 2.68. The molecule has 1 aromatic heterocycles. The van der Waals surface area contributed by atoms with Crippen molar-refractivity contribution in [1.82, 2.24) is 15.3 Å². The maximum Gasteiger partial charge on any atom is 0.224 e. The zero-order chi connectivity index (χ0) is 12.1. The van der Waals surface area contributed by atoms with E-state index in [0.29, 0.717) is 23.8 Å². The van der Waals surface area contributed by atoms with Crippen LogP contribution in [0.3, 0.4) is 0 Å². The Morgan fingerprint density at radius 3 is 2.88 bits per heavy atom. The van der Waals surface area contributed by atoms with Crippen molar-refractivity contribution in [2.45, 2.75) is 6.42 Å². The molecule has 0 spiro atoms. The predicted octanol–water partition coefficient (Wildman–Crippen LogP) is 1.36. The van der Waals surface area contributed by atoms with Crippen LogP contribution in [0.1, 0.15) is 6.42 Å². The molecule has 16 heavy (non-hydrogen) atoms. The predicted molar refractivity (Wildman–Crippen MR) is 64.0 cm³/mol. The standard InChI is InChI=1S/C9H12Cl2N4O/c1-12-7(16)3-4-15(2)8-6(10)5-13-9(11)14-8/h5H,3-4H2,1-2H3,(H,12,16). The molecule has 0 atom stereocenters. The number of carbonyl (C=O) groups is 1. The molecule has 0 bridgehead atoms. The number of hydrogen-bond donors (Lipinski definition) is 1. The summed E-state index contributed by atoms with van der Waals surface area (Å²) in [7, 11) is 3.38. The van der Waals surface area contributed by atoms with Gasteiger partial charge >= 0.3 is 0 Å². The van der Waals surface area contributed by atoms with Gasteiger partial charge in [-0.1, -0.05) is 11.6 Å². The molecule has 1 heterocycles. The Morgan fingerprint density at radius 1 is 1.56 bits per heavy atom. The lowest BCUT2D eigenvalue weighted by atomic mass is 10.3. The van der Waals surface area contributed by atoms with Gasteiger partial charge in [0.05, 0.1) is 6.20 Å². The van der Waals surface area contributed by atoms with Crippen molar-refractivity contribution in [2.75, 3.05) is 25.5 Å². The number of rotatable bonds is 4. The highest BCUT2D eigenvalue weighted by Gasteiger charge is 2.10. The van der Waals surface area contributed by atoms with Gasteiger partial charge in [0.2, 0.25) is 11.2 Å². The molecular formula is C9H12Cl2N4O. The number of hydrogen-bond acceptors (Lipinski definition) is 4. The first-order valence-electron chi connectivity index (χ1n) is 4.64. The fraction of sp³-hybridized carbons (Fsp3) is 0.444. The van der Waals surface area contributed by atoms with Crippen molar-refractivity contribution in [2.24, 2.45) is 0 Å². The molecule has 0 aliphatic heterocycles. The molecule has 0 fully saturated rings. The lowest BCUT2D eigenvalue weighted by Gasteiger charge is -2.18. The topological polar surface area (TPSA) is 58.1 Å². The van der Waals surface area contributed by atoms with E-state index in [1.165, 1.54) is 6.20 Å². The summed E-state index contributed by atoms with van der Waals surface area (Å²) in [6, 6.07) is 0. The third-order valence-electron chi connectivity index (χ3n) is 2.01. The molecule has 0 radical (unpaired) electrons. The molecule has 0 saturated carbocycles. The van der Waals surface area contributed by atoms with E-state index in [1.807, 2.05) is 0 Å². The van der Waals surface area contributed by atoms with Gasteiger partial charge in [0, 0.05) is 27.1 Å². The van der Waals surface area contributed by atoms with Crippen LogP contribution in [-0.2, 0) is 4.79 Å². The summed E-state index contributed by atoms with van der Waals surface area (Å²) in [5, 5.41) is 3.08. The van der Waals surface area contributed by atoms with E-state index in [-0.39, 0.29) is 11.2 Å². The molecule has 88 valence electrons. The summed E-state index contributed by atoms with van der Waals surface area (Å²) in [4.78, 5) is 20.6. The Labute approximate surface area is 104 Å². The van der Waals surface area contributed by atoms with Gasteiger partial charge in [0.25, 0.3) is 0 Å². The van der Waals surface area contributed by atoms with Gasteiger partial charge in [-0.15, -0.1) is 0 Å². The van der Waals surface area contributed by atoms with Crippen molar-refractivity contribution >= 4 is 34.9 Å². The first-order chi connectivity index (χ1) is 7.54. The number of halogens is 2. The molecule has 0 aliphatic rings. The summed E-state index contributed by atoms with van der Waals surface area (Å²) in [6.45, 7) is 0.507. The van der Waals surface area contributed by atoms with Crippen molar-refractivity contribution in [3.05, 3.63) is 16.5 Å². The largest absolute Gasteiger partial charge is 0.359 e. The smallest absolute Gasteiger partial charge is 0.224 e. The van der Waals surface area contributed by atoms with Crippen LogP contribution >= 0.6 is 23.2 Å². The van der Waals surface area contributed by atoms with Gasteiger partial charge in [-0.2, -0.15) is 4.98 Å². The molecule has 7 heteroatoms. The molecule has 0 aliphatic carbocycles. The maximum absolute atomic E-state index is 11.1. The number of nitrogens with zero attached hydrogens (tertiary/aromatic N) is 3. The van der Waals surface area contributed by atoms with E-state index in [1.54, 1.807) is 19.0 Å². The minimum Gasteiger partial charge on any atom is -0.359 e. The molecule has 0 aromatic carbocycles. The fourth-order valence-electron chi connectivity index (χ4n) is 1.11. The first-order valence-corrected chi connectivity index (χ1v) is 5.40. The van der Waals surface area contributed by atoms with Gasteiger partial charge in [-0.05, 0) is 11.6 Å². The monoisotopic (exact) mass is 262 g/mol. The summed E-state index contributed by atoms with van der Waals surface area (Å²) in [5.41, 5.74) is 0. The van der Waals surface area contributed by atoms with Crippen LogP contribution in [-0.4, -0.2) is 36.5 Å². The first kappa shape index (κ1) is 13.0. The normalized spacial score (nSPS) is 10.0. The SMILES string of the molecule is CNC(=O)CCN(C)c1nc(Cl)ncc1Cl. The van der Waals surface area contributed by atoms with E-state index in [9.17, 15) is 4.79 Å². The molecule has 1 N–H and O–H groups in total. The van der Waals surface area contributed by atoms with Gasteiger partial charge in [0.1, 0.15) is 5.02 Å². The van der Waals surface area contributed by atoms with E-state index >= 15 is 0 Å². The lowest BCUT2D eigenvalue weighted by molar-refractivity contribution is -0.120. The highest BCUT2D eigenvalue weighted by Crippen LogP contribution is 2.22. The quantitative estimate of drug-likeness (QED) is 0.833. The Kier molecular flexibility index (Phi) is 4.76. The van der Waals surface area contributed by atoms with Crippen LogP contribution in [0, 0.1) is 0 Å². The maximum atomic E-state index is 11.1. The van der Waals surface area contributed by atoms with Crippen LogP contribution in [0.15, 0.2) is 6.20 Å². The zero-order valence-electron chi connectivity index (χ0n) is 9.00. The highest BCUT2D eigenvalue weighted by atomic mass is 35.5. The third kappa shape index (κ3) is 3.50. The van der Waals surface area contributed by atoms with Crippen LogP contribution in [0.5, 0.6) is 0 Å². The Bertz CT molecular complexity index is 386. The van der Waals surface area contributed by atoms with E-state index in [4.69, 9.17) is 23.2 Å². The molecule has 1 aromatic rings. The average molecular weight is 263 g/mol. The summed E-state index contributed by atoms with van der Waals surface area (Å²) >= 11 is 11.6. The molecule has 0 saturated heterocycles. The molecule has 1 rings (SSSR count). The van der Waals surface area contributed by atoms with Crippen LogP contribution < -0.4 is 10.2 Å². The lowest BCUT2D eigenvalue weighted by Crippen LogP contribution is -2.27. The van der Waals surface area contributed by atoms with Gasteiger partial charge in [0.15, 0.2) is 5.82 Å². The van der Waals surface area contributed by atoms with Crippen molar-refractivity contribution in [1.29, 1.82) is 0 Å². The molecule has 5 nitrogen and oxygen atoms in total. The minimum atomic E-state index is -0.0388. The van der Waals surface area contributed by atoms with Gasteiger partial charge in [-0.3, -0.25) is 4.79 Å². The number of carbonyl (C=O) groups excluding carboxylic acids is 1. The molecule has 0 unspecified atom stereocenters. The van der Waals surface area contributed by atoms with E-state index in [2.05, 4.69) is 15.3 Å². The van der Waals surface area contributed by atoms with Crippen LogP contribution in [0.4, 0.5) is 5.82 Å².